The standard InChI is InChI=1S/C19H28O2/c1-3-15(2)18-13-17(14-20)9-10-19(18)21-12-11-16-7-5-4-6-8-16/h9-10,13-16H,3-8,11-12H2,1-2H3. The number of ether oxygens (including phenoxy) is 1. The third-order valence-electron chi connectivity index (χ3n) is 4.82. The summed E-state index contributed by atoms with van der Waals surface area (Å²) in [5, 5.41) is 0. The summed E-state index contributed by atoms with van der Waals surface area (Å²) >= 11 is 0. The van der Waals surface area contributed by atoms with Crippen LogP contribution in [0.15, 0.2) is 18.2 Å². The molecule has 1 atom stereocenters. The van der Waals surface area contributed by atoms with Gasteiger partial charge in [0, 0.05) is 5.56 Å². The van der Waals surface area contributed by atoms with Gasteiger partial charge in [-0.25, -0.2) is 0 Å². The molecular formula is C19H28O2. The van der Waals surface area contributed by atoms with E-state index in [0.717, 1.165) is 43.0 Å². The fourth-order valence-corrected chi connectivity index (χ4v) is 3.19. The largest absolute Gasteiger partial charge is 0.493 e. The summed E-state index contributed by atoms with van der Waals surface area (Å²) < 4.78 is 6.05. The van der Waals surface area contributed by atoms with E-state index in [-0.39, 0.29) is 0 Å². The lowest BCUT2D eigenvalue weighted by molar-refractivity contribution is 0.112. The van der Waals surface area contributed by atoms with Crippen LogP contribution in [0.4, 0.5) is 0 Å². The first kappa shape index (κ1) is 16.1. The average Bonchev–Trinajstić information content (AvgIpc) is 2.55. The molecule has 2 heteroatoms. The molecule has 1 aliphatic rings. The highest BCUT2D eigenvalue weighted by Gasteiger charge is 2.15. The van der Waals surface area contributed by atoms with Crippen molar-refractivity contribution in [2.45, 2.75) is 64.7 Å². The van der Waals surface area contributed by atoms with E-state index >= 15 is 0 Å². The van der Waals surface area contributed by atoms with Crippen molar-refractivity contribution in [1.29, 1.82) is 0 Å². The fraction of sp³-hybridized carbons (Fsp3) is 0.632. The molecule has 21 heavy (non-hydrogen) atoms. The fourth-order valence-electron chi connectivity index (χ4n) is 3.19. The molecule has 0 radical (unpaired) electrons. The van der Waals surface area contributed by atoms with Crippen LogP contribution in [0.5, 0.6) is 5.75 Å². The van der Waals surface area contributed by atoms with Crippen molar-refractivity contribution in [3.05, 3.63) is 29.3 Å². The van der Waals surface area contributed by atoms with Gasteiger partial charge in [0.1, 0.15) is 12.0 Å². The molecule has 1 aliphatic carbocycles. The van der Waals surface area contributed by atoms with Gasteiger partial charge < -0.3 is 4.74 Å². The highest BCUT2D eigenvalue weighted by molar-refractivity contribution is 5.75. The Morgan fingerprint density at radius 3 is 2.71 bits per heavy atom. The summed E-state index contributed by atoms with van der Waals surface area (Å²) in [7, 11) is 0. The maximum atomic E-state index is 11.0. The average molecular weight is 288 g/mol. The molecule has 2 nitrogen and oxygen atoms in total. The van der Waals surface area contributed by atoms with E-state index in [1.54, 1.807) is 0 Å². The van der Waals surface area contributed by atoms with Crippen LogP contribution in [0.2, 0.25) is 0 Å². The predicted octanol–water partition coefficient (Wildman–Crippen LogP) is 5.36. The minimum absolute atomic E-state index is 0.426. The second-order valence-corrected chi connectivity index (χ2v) is 6.37. The molecule has 0 aromatic heterocycles. The van der Waals surface area contributed by atoms with Crippen LogP contribution in [0.25, 0.3) is 0 Å². The van der Waals surface area contributed by atoms with Crippen LogP contribution in [0, 0.1) is 5.92 Å². The number of carbonyl (C=O) groups excluding carboxylic acids is 1. The third-order valence-corrected chi connectivity index (χ3v) is 4.82. The first-order valence-electron chi connectivity index (χ1n) is 8.46. The van der Waals surface area contributed by atoms with Gasteiger partial charge in [-0.15, -0.1) is 0 Å². The van der Waals surface area contributed by atoms with Crippen molar-refractivity contribution >= 4 is 6.29 Å². The van der Waals surface area contributed by atoms with E-state index in [1.165, 1.54) is 37.7 Å². The predicted molar refractivity (Wildman–Crippen MR) is 87.2 cm³/mol. The lowest BCUT2D eigenvalue weighted by atomic mass is 9.87. The van der Waals surface area contributed by atoms with Crippen molar-refractivity contribution < 1.29 is 9.53 Å². The van der Waals surface area contributed by atoms with Crippen LogP contribution in [-0.4, -0.2) is 12.9 Å². The number of rotatable bonds is 7. The Balaban J connectivity index is 1.96. The molecule has 1 fully saturated rings. The highest BCUT2D eigenvalue weighted by Crippen LogP contribution is 2.31. The molecule has 116 valence electrons. The van der Waals surface area contributed by atoms with E-state index in [9.17, 15) is 4.79 Å². The molecule has 0 spiro atoms. The topological polar surface area (TPSA) is 26.3 Å². The number of hydrogen-bond donors (Lipinski definition) is 0. The summed E-state index contributed by atoms with van der Waals surface area (Å²) in [4.78, 5) is 11.0. The van der Waals surface area contributed by atoms with Crippen molar-refractivity contribution in [2.75, 3.05) is 6.61 Å². The molecule has 0 amide bonds. The second kappa shape index (κ2) is 8.21. The van der Waals surface area contributed by atoms with Crippen LogP contribution in [0.3, 0.4) is 0 Å². The van der Waals surface area contributed by atoms with E-state index in [1.807, 2.05) is 18.2 Å². The molecule has 0 heterocycles. The van der Waals surface area contributed by atoms with E-state index in [0.29, 0.717) is 5.92 Å². The van der Waals surface area contributed by atoms with Crippen molar-refractivity contribution in [2.24, 2.45) is 5.92 Å². The van der Waals surface area contributed by atoms with Gasteiger partial charge in [0.2, 0.25) is 0 Å². The molecule has 0 aliphatic heterocycles. The SMILES string of the molecule is CCC(C)c1cc(C=O)ccc1OCCC1CCCCC1. The quantitative estimate of drug-likeness (QED) is 0.631. The first-order chi connectivity index (χ1) is 10.2. The van der Waals surface area contributed by atoms with Gasteiger partial charge in [-0.2, -0.15) is 0 Å². The Morgan fingerprint density at radius 2 is 2.05 bits per heavy atom. The van der Waals surface area contributed by atoms with Gasteiger partial charge in [0.25, 0.3) is 0 Å². The van der Waals surface area contributed by atoms with Gasteiger partial charge in [-0.1, -0.05) is 46.0 Å². The smallest absolute Gasteiger partial charge is 0.150 e. The van der Waals surface area contributed by atoms with Crippen molar-refractivity contribution in [1.82, 2.24) is 0 Å². The summed E-state index contributed by atoms with van der Waals surface area (Å²) in [6.45, 7) is 5.16. The first-order valence-corrected chi connectivity index (χ1v) is 8.46. The Kier molecular flexibility index (Phi) is 6.28. The molecule has 1 aromatic carbocycles. The third kappa shape index (κ3) is 4.59. The van der Waals surface area contributed by atoms with Crippen molar-refractivity contribution in [3.8, 4) is 5.75 Å². The molecule has 0 saturated heterocycles. The van der Waals surface area contributed by atoms with Gasteiger partial charge in [-0.05, 0) is 48.4 Å². The Morgan fingerprint density at radius 1 is 1.29 bits per heavy atom. The summed E-state index contributed by atoms with van der Waals surface area (Å²) in [6.07, 6.45) is 10.0. The zero-order chi connectivity index (χ0) is 15.1. The molecule has 0 bridgehead atoms. The van der Waals surface area contributed by atoms with Crippen LogP contribution < -0.4 is 4.74 Å². The zero-order valence-corrected chi connectivity index (χ0v) is 13.4. The van der Waals surface area contributed by atoms with E-state index in [4.69, 9.17) is 4.74 Å². The maximum absolute atomic E-state index is 11.0. The van der Waals surface area contributed by atoms with Gasteiger partial charge >= 0.3 is 0 Å². The lowest BCUT2D eigenvalue weighted by Crippen LogP contribution is -2.11. The molecule has 2 rings (SSSR count). The van der Waals surface area contributed by atoms with Crippen LogP contribution >= 0.6 is 0 Å². The monoisotopic (exact) mass is 288 g/mol. The van der Waals surface area contributed by atoms with Crippen LogP contribution in [-0.2, 0) is 0 Å². The molecule has 1 unspecified atom stereocenters. The van der Waals surface area contributed by atoms with Crippen molar-refractivity contribution in [3.63, 3.8) is 0 Å². The Hall–Kier alpha value is -1.31. The van der Waals surface area contributed by atoms with Crippen LogP contribution in [0.1, 0.15) is 80.6 Å². The van der Waals surface area contributed by atoms with Gasteiger partial charge in [0.05, 0.1) is 6.61 Å². The van der Waals surface area contributed by atoms with Gasteiger partial charge in [-0.3, -0.25) is 4.79 Å². The highest BCUT2D eigenvalue weighted by atomic mass is 16.5. The summed E-state index contributed by atoms with van der Waals surface area (Å²) in [5.74, 6) is 2.24. The normalized spacial score (nSPS) is 17.4. The minimum atomic E-state index is 0.426. The number of aldehydes is 1. The summed E-state index contributed by atoms with van der Waals surface area (Å²) in [5.41, 5.74) is 1.91. The lowest BCUT2D eigenvalue weighted by Gasteiger charge is -2.22. The maximum Gasteiger partial charge on any atom is 0.150 e. The number of hydrogen-bond acceptors (Lipinski definition) is 2. The van der Waals surface area contributed by atoms with E-state index in [2.05, 4.69) is 13.8 Å². The summed E-state index contributed by atoms with van der Waals surface area (Å²) in [6, 6.07) is 5.80. The second-order valence-electron chi connectivity index (χ2n) is 6.37. The number of benzene rings is 1. The minimum Gasteiger partial charge on any atom is -0.493 e. The Labute approximate surface area is 128 Å². The van der Waals surface area contributed by atoms with E-state index < -0.39 is 0 Å². The van der Waals surface area contributed by atoms with Gasteiger partial charge in [0.15, 0.2) is 0 Å². The molecule has 1 aromatic rings. The molecule has 1 saturated carbocycles. The Bertz CT molecular complexity index is 447. The number of carbonyl (C=O) groups is 1. The zero-order valence-electron chi connectivity index (χ0n) is 13.4. The molecular weight excluding hydrogens is 260 g/mol. The molecule has 0 N–H and O–H groups in total.